The minimum Gasteiger partial charge on any atom is -0.0784 e. The van der Waals surface area contributed by atoms with Gasteiger partial charge in [-0.05, 0) is 17.2 Å². The lowest BCUT2D eigenvalue weighted by Crippen LogP contribution is -2.02. The first-order valence-corrected chi connectivity index (χ1v) is 6.84. The summed E-state index contributed by atoms with van der Waals surface area (Å²) < 4.78 is -0.451. The van der Waals surface area contributed by atoms with Crippen molar-refractivity contribution in [2.24, 2.45) is 0 Å². The monoisotopic (exact) mass is 348 g/mol. The second kappa shape index (κ2) is 5.19. The fourth-order valence-corrected chi connectivity index (χ4v) is 2.64. The van der Waals surface area contributed by atoms with Gasteiger partial charge in [-0.2, -0.15) is 0 Å². The highest BCUT2D eigenvalue weighted by atomic mass is 79.9. The Kier molecular flexibility index (Phi) is 4.04. The summed E-state index contributed by atoms with van der Waals surface area (Å²) in [6, 6.07) is 15.4. The van der Waals surface area contributed by atoms with E-state index in [0.717, 1.165) is 15.6 Å². The molecule has 0 aliphatic carbocycles. The Bertz CT molecular complexity index is 532. The van der Waals surface area contributed by atoms with Crippen LogP contribution in [-0.2, 0) is 3.79 Å². The molecule has 0 N–H and O–H groups in total. The normalized spacial score (nSPS) is 11.5. The Hall–Kier alpha value is -0.210. The molecule has 0 saturated carbocycles. The molecule has 0 fully saturated rings. The second-order valence-electron chi connectivity index (χ2n) is 3.52. The first-order chi connectivity index (χ1) is 8.00. The maximum absolute atomic E-state index is 5.98. The second-order valence-corrected chi connectivity index (χ2v) is 6.66. The number of benzene rings is 2. The van der Waals surface area contributed by atoms with Crippen LogP contribution >= 0.6 is 50.7 Å². The third kappa shape index (κ3) is 2.97. The summed E-state index contributed by atoms with van der Waals surface area (Å²) in [6.45, 7) is 0. The molecule has 17 heavy (non-hydrogen) atoms. The van der Waals surface area contributed by atoms with Crippen LogP contribution in [0, 0.1) is 0 Å². The van der Waals surface area contributed by atoms with Gasteiger partial charge in [0.2, 0.25) is 3.79 Å². The van der Waals surface area contributed by atoms with Gasteiger partial charge in [0.1, 0.15) is 0 Å². The molecule has 0 radical (unpaired) electrons. The molecule has 0 atom stereocenters. The first-order valence-electron chi connectivity index (χ1n) is 4.91. The quantitative estimate of drug-likeness (QED) is 0.558. The van der Waals surface area contributed by atoms with Crippen molar-refractivity contribution in [3.63, 3.8) is 0 Å². The highest BCUT2D eigenvalue weighted by molar-refractivity contribution is 9.10. The average Bonchev–Trinajstić information content (AvgIpc) is 2.28. The topological polar surface area (TPSA) is 0 Å². The van der Waals surface area contributed by atoms with Gasteiger partial charge in [0, 0.05) is 10.0 Å². The number of alkyl halides is 3. The van der Waals surface area contributed by atoms with Gasteiger partial charge in [-0.15, -0.1) is 0 Å². The van der Waals surface area contributed by atoms with Gasteiger partial charge < -0.3 is 0 Å². The lowest BCUT2D eigenvalue weighted by Gasteiger charge is -2.17. The van der Waals surface area contributed by atoms with Crippen molar-refractivity contribution in [1.29, 1.82) is 0 Å². The van der Waals surface area contributed by atoms with Crippen LogP contribution in [0.1, 0.15) is 5.56 Å². The van der Waals surface area contributed by atoms with Gasteiger partial charge in [-0.3, -0.25) is 0 Å². The predicted octanol–water partition coefficient (Wildman–Crippen LogP) is 5.94. The molecular weight excluding hydrogens is 342 g/mol. The van der Waals surface area contributed by atoms with Gasteiger partial charge in [0.05, 0.1) is 0 Å². The molecule has 0 aliphatic rings. The Morgan fingerprint density at radius 2 is 1.29 bits per heavy atom. The van der Waals surface area contributed by atoms with Crippen molar-refractivity contribution in [1.82, 2.24) is 0 Å². The van der Waals surface area contributed by atoms with Crippen molar-refractivity contribution in [2.45, 2.75) is 3.79 Å². The minimum absolute atomic E-state index is 0.678. The predicted molar refractivity (Wildman–Crippen MR) is 78.8 cm³/mol. The lowest BCUT2D eigenvalue weighted by molar-refractivity contribution is 1.24. The van der Waals surface area contributed by atoms with Crippen LogP contribution in [0.4, 0.5) is 0 Å². The fraction of sp³-hybridized carbons (Fsp3) is 0.0769. The third-order valence-corrected chi connectivity index (χ3v) is 3.70. The molecule has 0 aliphatic heterocycles. The van der Waals surface area contributed by atoms with E-state index >= 15 is 0 Å². The zero-order valence-corrected chi connectivity index (χ0v) is 12.5. The Morgan fingerprint density at radius 3 is 1.88 bits per heavy atom. The average molecular weight is 350 g/mol. The summed E-state index contributed by atoms with van der Waals surface area (Å²) >= 11 is 21.4. The summed E-state index contributed by atoms with van der Waals surface area (Å²) in [7, 11) is 0. The van der Waals surface area contributed by atoms with Crippen molar-refractivity contribution in [3.8, 4) is 11.1 Å². The van der Waals surface area contributed by atoms with E-state index in [1.54, 1.807) is 0 Å². The molecule has 0 unspecified atom stereocenters. The maximum Gasteiger partial charge on any atom is 0.216 e. The van der Waals surface area contributed by atoms with E-state index in [0.29, 0.717) is 5.56 Å². The van der Waals surface area contributed by atoms with E-state index in [1.165, 1.54) is 0 Å². The van der Waals surface area contributed by atoms with E-state index in [4.69, 9.17) is 34.8 Å². The summed E-state index contributed by atoms with van der Waals surface area (Å²) in [5.74, 6) is 0. The van der Waals surface area contributed by atoms with Crippen LogP contribution in [0.15, 0.2) is 53.0 Å². The van der Waals surface area contributed by atoms with Crippen LogP contribution in [0.3, 0.4) is 0 Å². The zero-order chi connectivity index (χ0) is 12.5. The molecule has 0 bridgehead atoms. The molecule has 0 amide bonds. The molecule has 0 saturated heterocycles. The molecule has 0 spiro atoms. The number of hydrogen-bond acceptors (Lipinski definition) is 0. The Morgan fingerprint density at radius 1 is 0.765 bits per heavy atom. The summed E-state index contributed by atoms with van der Waals surface area (Å²) in [5.41, 5.74) is 2.60. The highest BCUT2D eigenvalue weighted by Gasteiger charge is 2.26. The van der Waals surface area contributed by atoms with Crippen molar-refractivity contribution >= 4 is 50.7 Å². The van der Waals surface area contributed by atoms with Crippen molar-refractivity contribution in [3.05, 3.63) is 58.6 Å². The maximum atomic E-state index is 5.98. The molecule has 2 aromatic rings. The largest absolute Gasteiger partial charge is 0.216 e. The summed E-state index contributed by atoms with van der Waals surface area (Å²) in [6.07, 6.45) is 0. The fourth-order valence-electron chi connectivity index (χ4n) is 1.64. The van der Waals surface area contributed by atoms with E-state index in [-0.39, 0.29) is 0 Å². The van der Waals surface area contributed by atoms with Crippen LogP contribution in [0.25, 0.3) is 11.1 Å². The summed E-state index contributed by atoms with van der Waals surface area (Å²) in [5, 5.41) is 0. The molecule has 0 aromatic heterocycles. The van der Waals surface area contributed by atoms with Gasteiger partial charge in [-0.25, -0.2) is 0 Å². The molecule has 2 rings (SSSR count). The van der Waals surface area contributed by atoms with Crippen LogP contribution in [0.2, 0.25) is 0 Å². The standard InChI is InChI=1S/C13H8BrCl3/c14-12-8-4-2-6-10(12)9-5-1-3-7-11(9)13(15,16)17/h1-8H. The SMILES string of the molecule is ClC(Cl)(Cl)c1ccccc1-c1ccccc1Br. The highest BCUT2D eigenvalue weighted by Crippen LogP contribution is 2.44. The third-order valence-electron chi connectivity index (χ3n) is 2.40. The van der Waals surface area contributed by atoms with E-state index in [1.807, 2.05) is 48.5 Å². The van der Waals surface area contributed by atoms with Crippen LogP contribution in [-0.4, -0.2) is 0 Å². The number of hydrogen-bond donors (Lipinski definition) is 0. The first kappa shape index (κ1) is 13.2. The van der Waals surface area contributed by atoms with Crippen molar-refractivity contribution in [2.75, 3.05) is 0 Å². The molecule has 88 valence electrons. The smallest absolute Gasteiger partial charge is 0.0784 e. The molecule has 2 aromatic carbocycles. The van der Waals surface area contributed by atoms with Gasteiger partial charge in [0.15, 0.2) is 0 Å². The molecule has 0 nitrogen and oxygen atoms in total. The van der Waals surface area contributed by atoms with E-state index in [9.17, 15) is 0 Å². The molecular formula is C13H8BrCl3. The minimum atomic E-state index is -1.42. The lowest BCUT2D eigenvalue weighted by atomic mass is 10.0. The molecule has 4 heteroatoms. The van der Waals surface area contributed by atoms with E-state index in [2.05, 4.69) is 15.9 Å². The molecule has 0 heterocycles. The van der Waals surface area contributed by atoms with E-state index < -0.39 is 3.79 Å². The number of rotatable bonds is 1. The zero-order valence-electron chi connectivity index (χ0n) is 8.63. The Labute approximate surface area is 124 Å². The van der Waals surface area contributed by atoms with Gasteiger partial charge in [0.25, 0.3) is 0 Å². The van der Waals surface area contributed by atoms with Crippen LogP contribution < -0.4 is 0 Å². The van der Waals surface area contributed by atoms with Gasteiger partial charge in [-0.1, -0.05) is 93.2 Å². The van der Waals surface area contributed by atoms with Crippen LogP contribution in [0.5, 0.6) is 0 Å². The number of halogens is 4. The summed E-state index contributed by atoms with van der Waals surface area (Å²) in [4.78, 5) is 0. The Balaban J connectivity index is 2.65. The van der Waals surface area contributed by atoms with Crippen molar-refractivity contribution < 1.29 is 0 Å². The van der Waals surface area contributed by atoms with Gasteiger partial charge >= 0.3 is 0 Å².